The van der Waals surface area contributed by atoms with Crippen LogP contribution in [0.1, 0.15) is 23.7 Å². The van der Waals surface area contributed by atoms with E-state index in [2.05, 4.69) is 16.0 Å². The monoisotopic (exact) mass is 173 g/mol. The number of aryl methyl sites for hydroxylation is 1. The van der Waals surface area contributed by atoms with E-state index in [-0.39, 0.29) is 6.04 Å². The zero-order valence-corrected chi connectivity index (χ0v) is 7.25. The van der Waals surface area contributed by atoms with Crippen molar-refractivity contribution >= 4 is 11.0 Å². The first kappa shape index (κ1) is 7.09. The van der Waals surface area contributed by atoms with Crippen LogP contribution in [0.2, 0.25) is 0 Å². The van der Waals surface area contributed by atoms with Crippen molar-refractivity contribution in [1.29, 1.82) is 0 Å². The number of nitrogens with two attached hydrogens (primary N) is 1. The number of pyridine rings is 1. The Morgan fingerprint density at radius 1 is 1.54 bits per heavy atom. The van der Waals surface area contributed by atoms with Gasteiger partial charge in [-0.15, -0.1) is 0 Å². The molecule has 2 aromatic rings. The van der Waals surface area contributed by atoms with Crippen LogP contribution < -0.4 is 5.73 Å². The van der Waals surface area contributed by atoms with Gasteiger partial charge in [-0.05, 0) is 30.5 Å². The van der Waals surface area contributed by atoms with E-state index in [9.17, 15) is 0 Å². The Balaban J connectivity index is 2.38. The zero-order chi connectivity index (χ0) is 8.84. The average molecular weight is 173 g/mol. The zero-order valence-electron chi connectivity index (χ0n) is 7.25. The molecule has 3 nitrogen and oxygen atoms in total. The molecule has 1 atom stereocenters. The first-order valence-electron chi connectivity index (χ1n) is 4.57. The van der Waals surface area contributed by atoms with E-state index in [0.29, 0.717) is 0 Å². The fourth-order valence-electron chi connectivity index (χ4n) is 2.13. The van der Waals surface area contributed by atoms with Crippen molar-refractivity contribution in [2.45, 2.75) is 18.9 Å². The van der Waals surface area contributed by atoms with Gasteiger partial charge in [-0.25, -0.2) is 4.98 Å². The van der Waals surface area contributed by atoms with E-state index in [0.717, 1.165) is 18.5 Å². The highest BCUT2D eigenvalue weighted by Crippen LogP contribution is 2.33. The van der Waals surface area contributed by atoms with Crippen molar-refractivity contribution in [3.8, 4) is 0 Å². The summed E-state index contributed by atoms with van der Waals surface area (Å²) in [6.07, 6.45) is 3.95. The molecule has 3 rings (SSSR count). The maximum atomic E-state index is 5.95. The van der Waals surface area contributed by atoms with Crippen LogP contribution in [0.4, 0.5) is 0 Å². The van der Waals surface area contributed by atoms with Crippen LogP contribution in [0.15, 0.2) is 18.3 Å². The maximum absolute atomic E-state index is 5.95. The third kappa shape index (κ3) is 0.848. The molecule has 0 aromatic carbocycles. The molecule has 1 aliphatic carbocycles. The lowest BCUT2D eigenvalue weighted by Crippen LogP contribution is -2.05. The molecule has 0 spiro atoms. The Kier molecular flexibility index (Phi) is 1.27. The number of fused-ring (bicyclic) bond motifs is 3. The molecule has 1 unspecified atom stereocenters. The fourth-order valence-corrected chi connectivity index (χ4v) is 2.13. The Morgan fingerprint density at radius 2 is 2.46 bits per heavy atom. The van der Waals surface area contributed by atoms with Gasteiger partial charge >= 0.3 is 0 Å². The van der Waals surface area contributed by atoms with Crippen molar-refractivity contribution in [3.05, 3.63) is 29.6 Å². The molecule has 0 saturated carbocycles. The van der Waals surface area contributed by atoms with Crippen molar-refractivity contribution in [1.82, 2.24) is 9.97 Å². The van der Waals surface area contributed by atoms with Crippen LogP contribution in [0.5, 0.6) is 0 Å². The van der Waals surface area contributed by atoms with Crippen LogP contribution in [0, 0.1) is 0 Å². The summed E-state index contributed by atoms with van der Waals surface area (Å²) in [7, 11) is 0. The summed E-state index contributed by atoms with van der Waals surface area (Å²) < 4.78 is 0. The molecule has 0 aliphatic heterocycles. The van der Waals surface area contributed by atoms with Gasteiger partial charge in [0, 0.05) is 23.3 Å². The van der Waals surface area contributed by atoms with Crippen LogP contribution in [-0.4, -0.2) is 9.97 Å². The number of hydrogen-bond donors (Lipinski definition) is 2. The number of nitrogens with zero attached hydrogens (tertiary/aromatic N) is 1. The Morgan fingerprint density at radius 3 is 3.38 bits per heavy atom. The molecular weight excluding hydrogens is 162 g/mol. The fraction of sp³-hybridized carbons (Fsp3) is 0.300. The van der Waals surface area contributed by atoms with Gasteiger partial charge in [0.05, 0.1) is 0 Å². The molecule has 0 radical (unpaired) electrons. The van der Waals surface area contributed by atoms with Gasteiger partial charge in [-0.3, -0.25) is 0 Å². The number of aromatic amines is 1. The summed E-state index contributed by atoms with van der Waals surface area (Å²) >= 11 is 0. The molecule has 66 valence electrons. The van der Waals surface area contributed by atoms with Gasteiger partial charge in [0.1, 0.15) is 5.65 Å². The number of nitrogens with one attached hydrogen (secondary N) is 1. The number of hydrogen-bond acceptors (Lipinski definition) is 2. The van der Waals surface area contributed by atoms with E-state index < -0.39 is 0 Å². The van der Waals surface area contributed by atoms with Gasteiger partial charge in [0.25, 0.3) is 0 Å². The SMILES string of the molecule is NC1CCc2c1[nH]c1ncccc21. The topological polar surface area (TPSA) is 54.7 Å². The van der Waals surface area contributed by atoms with E-state index in [1.165, 1.54) is 16.6 Å². The number of rotatable bonds is 0. The molecule has 0 bridgehead atoms. The second-order valence-electron chi connectivity index (χ2n) is 3.56. The highest BCUT2D eigenvalue weighted by molar-refractivity contribution is 5.82. The third-order valence-corrected chi connectivity index (χ3v) is 2.79. The summed E-state index contributed by atoms with van der Waals surface area (Å²) in [5.41, 5.74) is 9.49. The molecule has 3 N–H and O–H groups in total. The normalized spacial score (nSPS) is 20.8. The summed E-state index contributed by atoms with van der Waals surface area (Å²) in [6.45, 7) is 0. The molecule has 2 heterocycles. The first-order valence-corrected chi connectivity index (χ1v) is 4.57. The smallest absolute Gasteiger partial charge is 0.137 e. The predicted octanol–water partition coefficient (Wildman–Crippen LogP) is 1.51. The molecule has 2 aromatic heterocycles. The molecular formula is C10H11N3. The van der Waals surface area contributed by atoms with Crippen molar-refractivity contribution in [2.75, 3.05) is 0 Å². The lowest BCUT2D eigenvalue weighted by atomic mass is 10.2. The third-order valence-electron chi connectivity index (χ3n) is 2.79. The molecule has 13 heavy (non-hydrogen) atoms. The minimum absolute atomic E-state index is 0.184. The number of H-pyrrole nitrogens is 1. The van der Waals surface area contributed by atoms with Gasteiger partial charge in [-0.2, -0.15) is 0 Å². The van der Waals surface area contributed by atoms with Gasteiger partial charge in [-0.1, -0.05) is 0 Å². The second kappa shape index (κ2) is 2.33. The predicted molar refractivity (Wildman–Crippen MR) is 51.3 cm³/mol. The standard InChI is InChI=1S/C10H11N3/c11-8-4-3-6-7-2-1-5-12-10(7)13-9(6)8/h1-2,5,8H,3-4,11H2,(H,12,13). The molecule has 3 heteroatoms. The lowest BCUT2D eigenvalue weighted by Gasteiger charge is -1.98. The van der Waals surface area contributed by atoms with Crippen LogP contribution >= 0.6 is 0 Å². The van der Waals surface area contributed by atoms with Gasteiger partial charge in [0.2, 0.25) is 0 Å². The van der Waals surface area contributed by atoms with Gasteiger partial charge in [0.15, 0.2) is 0 Å². The Bertz CT molecular complexity index is 458. The van der Waals surface area contributed by atoms with E-state index in [4.69, 9.17) is 5.73 Å². The van der Waals surface area contributed by atoms with Crippen molar-refractivity contribution in [3.63, 3.8) is 0 Å². The minimum atomic E-state index is 0.184. The highest BCUT2D eigenvalue weighted by Gasteiger charge is 2.23. The molecule has 0 fully saturated rings. The van der Waals surface area contributed by atoms with Crippen LogP contribution in [0.25, 0.3) is 11.0 Å². The largest absolute Gasteiger partial charge is 0.342 e. The molecule has 0 amide bonds. The van der Waals surface area contributed by atoms with Gasteiger partial charge < -0.3 is 10.7 Å². The van der Waals surface area contributed by atoms with Crippen LogP contribution in [-0.2, 0) is 6.42 Å². The molecule has 0 saturated heterocycles. The summed E-state index contributed by atoms with van der Waals surface area (Å²) in [6, 6.07) is 4.26. The minimum Gasteiger partial charge on any atom is -0.342 e. The lowest BCUT2D eigenvalue weighted by molar-refractivity contribution is 0.698. The van der Waals surface area contributed by atoms with E-state index >= 15 is 0 Å². The summed E-state index contributed by atoms with van der Waals surface area (Å²) in [5.74, 6) is 0. The van der Waals surface area contributed by atoms with E-state index in [1.807, 2.05) is 6.07 Å². The van der Waals surface area contributed by atoms with Crippen molar-refractivity contribution < 1.29 is 0 Å². The number of aromatic nitrogens is 2. The highest BCUT2D eigenvalue weighted by atomic mass is 14.9. The average Bonchev–Trinajstić information content (AvgIpc) is 2.67. The maximum Gasteiger partial charge on any atom is 0.137 e. The first-order chi connectivity index (χ1) is 6.36. The Labute approximate surface area is 76.0 Å². The summed E-state index contributed by atoms with van der Waals surface area (Å²) in [4.78, 5) is 7.56. The molecule has 1 aliphatic rings. The van der Waals surface area contributed by atoms with Crippen molar-refractivity contribution in [2.24, 2.45) is 5.73 Å². The Hall–Kier alpha value is -1.35. The second-order valence-corrected chi connectivity index (χ2v) is 3.56. The van der Waals surface area contributed by atoms with E-state index in [1.54, 1.807) is 6.20 Å². The quantitative estimate of drug-likeness (QED) is 0.634. The van der Waals surface area contributed by atoms with Crippen LogP contribution in [0.3, 0.4) is 0 Å². The summed E-state index contributed by atoms with van der Waals surface area (Å²) in [5, 5.41) is 1.24.